The molecule has 0 radical (unpaired) electrons. The molecule has 5 aromatic rings. The number of carbonyl (C=O) groups excluding carboxylic acids is 1. The Hall–Kier alpha value is -4.83. The lowest BCUT2D eigenvalue weighted by atomic mass is 9.99. The third-order valence-corrected chi connectivity index (χ3v) is 5.86. The van der Waals surface area contributed by atoms with Crippen molar-refractivity contribution in [2.75, 3.05) is 6.54 Å². The maximum absolute atomic E-state index is 13.5. The number of imidazole rings is 1. The standard InChI is InChI=1S/C21H14F5N9O3/c22-20(23)37-14-2-1-4-34-13(14)6-12(32-34)16-15-11(27-9-28-15)3-5-33(16)19(36)18-31-30-17(38-18)10-7-29-35(8-10)21(24,25)26/h1-2,4,6-9,16,20H,3,5H2,(H,27,28)/t16-/m0/s1. The summed E-state index contributed by atoms with van der Waals surface area (Å²) in [4.78, 5) is 22.2. The fraction of sp³-hybridized carbons (Fsp3) is 0.238. The van der Waals surface area contributed by atoms with Gasteiger partial charge in [0.1, 0.15) is 11.6 Å². The van der Waals surface area contributed by atoms with Gasteiger partial charge >= 0.3 is 24.7 Å². The van der Waals surface area contributed by atoms with Crippen LogP contribution in [0.2, 0.25) is 0 Å². The average Bonchev–Trinajstić information content (AvgIpc) is 3.66. The zero-order chi connectivity index (χ0) is 26.6. The van der Waals surface area contributed by atoms with E-state index in [9.17, 15) is 26.7 Å². The summed E-state index contributed by atoms with van der Waals surface area (Å²) in [6.45, 7) is -2.89. The second kappa shape index (κ2) is 8.63. The van der Waals surface area contributed by atoms with E-state index in [-0.39, 0.29) is 33.9 Å². The quantitative estimate of drug-likeness (QED) is 0.340. The number of carbonyl (C=O) groups is 1. The summed E-state index contributed by atoms with van der Waals surface area (Å²) in [5, 5.41) is 15.1. The number of fused-ring (bicyclic) bond motifs is 2. The highest BCUT2D eigenvalue weighted by Crippen LogP contribution is 2.36. The topological polar surface area (TPSA) is 132 Å². The van der Waals surface area contributed by atoms with Gasteiger partial charge in [-0.1, -0.05) is 0 Å². The first-order valence-electron chi connectivity index (χ1n) is 10.9. The molecule has 6 rings (SSSR count). The zero-order valence-corrected chi connectivity index (χ0v) is 18.8. The van der Waals surface area contributed by atoms with E-state index in [2.05, 4.69) is 35.1 Å². The molecule has 0 aromatic carbocycles. The third kappa shape index (κ3) is 4.00. The number of hydrogen-bond donors (Lipinski definition) is 1. The number of pyridine rings is 1. The van der Waals surface area contributed by atoms with Crippen molar-refractivity contribution < 1.29 is 35.9 Å². The SMILES string of the molecule is O=C(c1nnc(-c2cnn(C(F)(F)F)c2)o1)N1CCc2[nH]cnc2[C@@H]1c1cc2c(OC(F)F)cccn2n1. The number of nitrogens with zero attached hydrogens (tertiary/aromatic N) is 8. The van der Waals surface area contributed by atoms with Gasteiger partial charge in [-0.25, -0.2) is 9.50 Å². The van der Waals surface area contributed by atoms with Crippen molar-refractivity contribution in [2.45, 2.75) is 25.4 Å². The van der Waals surface area contributed by atoms with Crippen LogP contribution in [0.5, 0.6) is 5.75 Å². The van der Waals surface area contributed by atoms with E-state index >= 15 is 0 Å². The van der Waals surface area contributed by atoms with Crippen LogP contribution in [0, 0.1) is 0 Å². The molecule has 12 nitrogen and oxygen atoms in total. The largest absolute Gasteiger partial charge is 0.504 e. The summed E-state index contributed by atoms with van der Waals surface area (Å²) >= 11 is 0. The molecule has 1 atom stereocenters. The van der Waals surface area contributed by atoms with Crippen LogP contribution in [-0.2, 0) is 12.7 Å². The predicted molar refractivity (Wildman–Crippen MR) is 114 cm³/mol. The van der Waals surface area contributed by atoms with Crippen molar-refractivity contribution in [3.63, 3.8) is 0 Å². The second-order valence-electron chi connectivity index (χ2n) is 8.12. The van der Waals surface area contributed by atoms with E-state index in [0.29, 0.717) is 24.0 Å². The van der Waals surface area contributed by atoms with E-state index in [1.54, 1.807) is 0 Å². The van der Waals surface area contributed by atoms with Crippen LogP contribution in [0.25, 0.3) is 17.0 Å². The lowest BCUT2D eigenvalue weighted by molar-refractivity contribution is -0.212. The number of alkyl halides is 5. The maximum atomic E-state index is 13.5. The van der Waals surface area contributed by atoms with Gasteiger partial charge in [-0.3, -0.25) is 4.79 Å². The number of nitrogens with one attached hydrogen (secondary N) is 1. The van der Waals surface area contributed by atoms with Gasteiger partial charge in [-0.15, -0.1) is 23.4 Å². The lowest BCUT2D eigenvalue weighted by Crippen LogP contribution is -2.41. The number of H-pyrrole nitrogens is 1. The molecule has 0 saturated carbocycles. The Morgan fingerprint density at radius 1 is 1.26 bits per heavy atom. The molecule has 0 bridgehead atoms. The van der Waals surface area contributed by atoms with Crippen molar-refractivity contribution in [3.8, 4) is 17.2 Å². The molecule has 0 fully saturated rings. The molecule has 0 aliphatic carbocycles. The average molecular weight is 535 g/mol. The molecule has 1 amide bonds. The predicted octanol–water partition coefficient (Wildman–Crippen LogP) is 3.17. The molecular formula is C21H14F5N9O3. The van der Waals surface area contributed by atoms with Crippen LogP contribution >= 0.6 is 0 Å². The van der Waals surface area contributed by atoms with Crippen LogP contribution < -0.4 is 4.74 Å². The van der Waals surface area contributed by atoms with E-state index in [4.69, 9.17) is 4.42 Å². The molecule has 1 N–H and O–H groups in total. The molecule has 0 saturated heterocycles. The fourth-order valence-electron chi connectivity index (χ4n) is 4.25. The maximum Gasteiger partial charge on any atom is 0.504 e. The van der Waals surface area contributed by atoms with Crippen molar-refractivity contribution in [3.05, 3.63) is 66.1 Å². The van der Waals surface area contributed by atoms with Crippen molar-refractivity contribution in [2.24, 2.45) is 0 Å². The Morgan fingerprint density at radius 3 is 2.87 bits per heavy atom. The summed E-state index contributed by atoms with van der Waals surface area (Å²) in [6, 6.07) is 3.46. The molecule has 0 unspecified atom stereocenters. The fourth-order valence-corrected chi connectivity index (χ4v) is 4.25. The highest BCUT2D eigenvalue weighted by atomic mass is 19.4. The van der Waals surface area contributed by atoms with Crippen LogP contribution in [0.15, 0.2) is 47.5 Å². The van der Waals surface area contributed by atoms with Crippen molar-refractivity contribution in [1.29, 1.82) is 0 Å². The van der Waals surface area contributed by atoms with E-state index < -0.39 is 30.8 Å². The van der Waals surface area contributed by atoms with Gasteiger partial charge in [0.05, 0.1) is 29.5 Å². The minimum absolute atomic E-state index is 0.113. The summed E-state index contributed by atoms with van der Waals surface area (Å²) in [5.74, 6) is -1.65. The normalized spacial score (nSPS) is 15.8. The molecule has 5 aromatic heterocycles. The molecule has 17 heteroatoms. The highest BCUT2D eigenvalue weighted by molar-refractivity contribution is 5.90. The minimum Gasteiger partial charge on any atom is -0.433 e. The molecule has 0 spiro atoms. The van der Waals surface area contributed by atoms with E-state index in [0.717, 1.165) is 11.9 Å². The summed E-state index contributed by atoms with van der Waals surface area (Å²) in [6.07, 6.45) is 0.165. The van der Waals surface area contributed by atoms with Crippen LogP contribution in [0.3, 0.4) is 0 Å². The van der Waals surface area contributed by atoms with Crippen LogP contribution in [0.1, 0.15) is 33.8 Å². The number of aromatic nitrogens is 8. The van der Waals surface area contributed by atoms with Gasteiger partial charge in [0.15, 0.2) is 5.75 Å². The van der Waals surface area contributed by atoms with Gasteiger partial charge in [0.25, 0.3) is 5.89 Å². The Balaban J connectivity index is 1.36. The van der Waals surface area contributed by atoms with Gasteiger partial charge in [0, 0.05) is 31.1 Å². The zero-order valence-electron chi connectivity index (χ0n) is 18.8. The number of ether oxygens (including phenoxy) is 1. The molecule has 38 heavy (non-hydrogen) atoms. The Morgan fingerprint density at radius 2 is 2.11 bits per heavy atom. The first kappa shape index (κ1) is 23.6. The first-order valence-corrected chi connectivity index (χ1v) is 10.9. The lowest BCUT2D eigenvalue weighted by Gasteiger charge is -2.32. The van der Waals surface area contributed by atoms with Gasteiger partial charge in [0.2, 0.25) is 0 Å². The smallest absolute Gasteiger partial charge is 0.433 e. The molecular weight excluding hydrogens is 521 g/mol. The number of amides is 1. The molecule has 6 heterocycles. The van der Waals surface area contributed by atoms with Gasteiger partial charge in [-0.05, 0) is 18.2 Å². The van der Waals surface area contributed by atoms with E-state index in [1.807, 2.05) is 0 Å². The molecule has 1 aliphatic heterocycles. The third-order valence-electron chi connectivity index (χ3n) is 5.86. The highest BCUT2D eigenvalue weighted by Gasteiger charge is 2.39. The Bertz CT molecular complexity index is 1640. The Labute approximate surface area is 207 Å². The monoisotopic (exact) mass is 535 g/mol. The molecule has 196 valence electrons. The van der Waals surface area contributed by atoms with Crippen molar-refractivity contribution in [1.82, 2.24) is 44.5 Å². The van der Waals surface area contributed by atoms with Gasteiger partial charge < -0.3 is 19.0 Å². The Kier molecular flexibility index (Phi) is 5.35. The minimum atomic E-state index is -4.74. The van der Waals surface area contributed by atoms with Crippen molar-refractivity contribution >= 4 is 11.4 Å². The number of aromatic amines is 1. The van der Waals surface area contributed by atoms with E-state index in [1.165, 1.54) is 40.1 Å². The van der Waals surface area contributed by atoms with Crippen LogP contribution in [-0.4, -0.2) is 63.5 Å². The van der Waals surface area contributed by atoms with Gasteiger partial charge in [-0.2, -0.15) is 23.7 Å². The summed E-state index contributed by atoms with van der Waals surface area (Å²) < 4.78 is 75.5. The first-order chi connectivity index (χ1) is 18.2. The molecule has 1 aliphatic rings. The number of hydrogen-bond acceptors (Lipinski definition) is 8. The number of halogens is 5. The van der Waals surface area contributed by atoms with Crippen LogP contribution in [0.4, 0.5) is 22.0 Å². The summed E-state index contributed by atoms with van der Waals surface area (Å²) in [7, 11) is 0. The summed E-state index contributed by atoms with van der Waals surface area (Å²) in [5.41, 5.74) is 1.61. The second-order valence-corrected chi connectivity index (χ2v) is 8.12. The number of rotatable bonds is 5.